The summed E-state index contributed by atoms with van der Waals surface area (Å²) in [6.45, 7) is 0. The number of halogens is 4. The van der Waals surface area contributed by atoms with Gasteiger partial charge in [0.15, 0.2) is 0 Å². The molecule has 0 aliphatic rings. The van der Waals surface area contributed by atoms with Crippen molar-refractivity contribution in [2.75, 3.05) is 0 Å². The molecule has 0 fully saturated rings. The summed E-state index contributed by atoms with van der Waals surface area (Å²) in [6.07, 6.45) is -2.48. The van der Waals surface area contributed by atoms with Gasteiger partial charge in [-0.3, -0.25) is 0 Å². The van der Waals surface area contributed by atoms with Crippen LogP contribution in [0.4, 0.5) is 8.78 Å². The molecule has 1 heterocycles. The molecule has 0 saturated heterocycles. The zero-order valence-corrected chi connectivity index (χ0v) is 9.89. The molecule has 0 aliphatic carbocycles. The van der Waals surface area contributed by atoms with Crippen molar-refractivity contribution in [2.24, 2.45) is 0 Å². The largest absolute Gasteiger partial charge is 0.266 e. The zero-order valence-electron chi connectivity index (χ0n) is 6.73. The predicted octanol–water partition coefficient (Wildman–Crippen LogP) is 5.25. The van der Waals surface area contributed by atoms with E-state index < -0.39 is 6.43 Å². The summed E-state index contributed by atoms with van der Waals surface area (Å²) in [5.74, 6) is 0. The minimum absolute atomic E-state index is 0.0272. The SMILES string of the molecule is FC(F)c1c(Br)cc(Cl)c2ccsc12. The number of hydrogen-bond donors (Lipinski definition) is 0. The highest BCUT2D eigenvalue weighted by Crippen LogP contribution is 2.40. The van der Waals surface area contributed by atoms with Crippen molar-refractivity contribution in [1.82, 2.24) is 0 Å². The molecule has 0 saturated carbocycles. The molecular weight excluding hydrogens is 294 g/mol. The third-order valence-corrected chi connectivity index (χ3v) is 3.81. The fraction of sp³-hybridized carbons (Fsp3) is 0.111. The Kier molecular flexibility index (Phi) is 2.77. The number of hydrogen-bond acceptors (Lipinski definition) is 1. The van der Waals surface area contributed by atoms with Crippen LogP contribution in [0.25, 0.3) is 10.1 Å². The Balaban J connectivity index is 2.86. The summed E-state index contributed by atoms with van der Waals surface area (Å²) in [5, 5.41) is 2.95. The molecule has 0 nitrogen and oxygen atoms in total. The molecule has 0 atom stereocenters. The molecular formula is C9H4BrClF2S. The topological polar surface area (TPSA) is 0 Å². The lowest BCUT2D eigenvalue weighted by atomic mass is 10.2. The first-order valence-corrected chi connectivity index (χ1v) is 5.79. The Morgan fingerprint density at radius 3 is 2.79 bits per heavy atom. The van der Waals surface area contributed by atoms with Crippen LogP contribution in [0.5, 0.6) is 0 Å². The van der Waals surface area contributed by atoms with Gasteiger partial charge in [0, 0.05) is 20.1 Å². The third-order valence-electron chi connectivity index (χ3n) is 1.90. The highest BCUT2D eigenvalue weighted by molar-refractivity contribution is 9.10. The first kappa shape index (κ1) is 10.3. The summed E-state index contributed by atoms with van der Waals surface area (Å²) in [4.78, 5) is 0. The van der Waals surface area contributed by atoms with Crippen LogP contribution in [0.2, 0.25) is 5.02 Å². The van der Waals surface area contributed by atoms with Crippen LogP contribution < -0.4 is 0 Å². The second kappa shape index (κ2) is 3.76. The molecule has 2 rings (SSSR count). The fourth-order valence-electron chi connectivity index (χ4n) is 1.28. The monoisotopic (exact) mass is 296 g/mol. The summed E-state index contributed by atoms with van der Waals surface area (Å²) in [6, 6.07) is 3.26. The van der Waals surface area contributed by atoms with Crippen molar-refractivity contribution < 1.29 is 8.78 Å². The first-order valence-electron chi connectivity index (χ1n) is 3.74. The van der Waals surface area contributed by atoms with Gasteiger partial charge < -0.3 is 0 Å². The van der Waals surface area contributed by atoms with Gasteiger partial charge in [-0.25, -0.2) is 8.78 Å². The standard InChI is InChI=1S/C9H4BrClF2S/c10-5-3-6(11)4-1-2-14-8(4)7(5)9(12)13/h1-3,9H. The van der Waals surface area contributed by atoms with Gasteiger partial charge >= 0.3 is 0 Å². The van der Waals surface area contributed by atoms with E-state index in [0.29, 0.717) is 19.6 Å². The van der Waals surface area contributed by atoms with Crippen molar-refractivity contribution in [2.45, 2.75) is 6.43 Å². The molecule has 0 aliphatic heterocycles. The van der Waals surface area contributed by atoms with Crippen LogP contribution in [-0.4, -0.2) is 0 Å². The van der Waals surface area contributed by atoms with Gasteiger partial charge in [0.2, 0.25) is 0 Å². The van der Waals surface area contributed by atoms with Crippen LogP contribution in [0.3, 0.4) is 0 Å². The normalized spacial score (nSPS) is 11.5. The third kappa shape index (κ3) is 1.55. The van der Waals surface area contributed by atoms with Crippen molar-refractivity contribution in [3.8, 4) is 0 Å². The van der Waals surface area contributed by atoms with E-state index in [9.17, 15) is 8.78 Å². The van der Waals surface area contributed by atoms with E-state index in [4.69, 9.17) is 11.6 Å². The minimum atomic E-state index is -2.48. The molecule has 74 valence electrons. The van der Waals surface area contributed by atoms with Gasteiger partial charge in [0.05, 0.1) is 5.02 Å². The van der Waals surface area contributed by atoms with Gasteiger partial charge in [0.25, 0.3) is 6.43 Å². The highest BCUT2D eigenvalue weighted by Gasteiger charge is 2.18. The zero-order chi connectivity index (χ0) is 10.3. The van der Waals surface area contributed by atoms with Gasteiger partial charge in [-0.15, -0.1) is 11.3 Å². The van der Waals surface area contributed by atoms with E-state index in [1.54, 1.807) is 11.4 Å². The van der Waals surface area contributed by atoms with Gasteiger partial charge in [-0.1, -0.05) is 27.5 Å². The van der Waals surface area contributed by atoms with Gasteiger partial charge in [-0.05, 0) is 17.5 Å². The lowest BCUT2D eigenvalue weighted by molar-refractivity contribution is 0.152. The molecule has 1 aromatic heterocycles. The van der Waals surface area contributed by atoms with Crippen molar-refractivity contribution in [3.63, 3.8) is 0 Å². The Bertz CT molecular complexity index is 481. The molecule has 2 aromatic rings. The number of thiophene rings is 1. The second-order valence-corrected chi connectivity index (χ2v) is 4.90. The van der Waals surface area contributed by atoms with E-state index in [2.05, 4.69) is 15.9 Å². The maximum atomic E-state index is 12.7. The number of fused-ring (bicyclic) bond motifs is 1. The quantitative estimate of drug-likeness (QED) is 0.674. The maximum Gasteiger partial charge on any atom is 0.266 e. The Hall–Kier alpha value is -0.190. The van der Waals surface area contributed by atoms with Crippen LogP contribution in [0.1, 0.15) is 12.0 Å². The smallest absolute Gasteiger partial charge is 0.205 e. The number of rotatable bonds is 1. The number of benzene rings is 1. The fourth-order valence-corrected chi connectivity index (χ4v) is 3.44. The van der Waals surface area contributed by atoms with Crippen LogP contribution in [0.15, 0.2) is 22.0 Å². The average molecular weight is 298 g/mol. The predicted molar refractivity (Wildman–Crippen MR) is 59.5 cm³/mol. The van der Waals surface area contributed by atoms with Crippen molar-refractivity contribution in [1.29, 1.82) is 0 Å². The van der Waals surface area contributed by atoms with Crippen molar-refractivity contribution >= 4 is 49.0 Å². The van der Waals surface area contributed by atoms with Gasteiger partial charge in [-0.2, -0.15) is 0 Å². The van der Waals surface area contributed by atoms with E-state index in [0.717, 1.165) is 0 Å². The molecule has 14 heavy (non-hydrogen) atoms. The average Bonchev–Trinajstić information content (AvgIpc) is 2.51. The Labute approximate surface area is 96.6 Å². The van der Waals surface area contributed by atoms with Crippen LogP contribution in [-0.2, 0) is 0 Å². The lowest BCUT2D eigenvalue weighted by Crippen LogP contribution is -1.86. The lowest BCUT2D eigenvalue weighted by Gasteiger charge is -2.05. The molecule has 0 amide bonds. The number of alkyl halides is 2. The van der Waals surface area contributed by atoms with E-state index >= 15 is 0 Å². The molecule has 0 N–H and O–H groups in total. The van der Waals surface area contributed by atoms with E-state index in [1.165, 1.54) is 17.4 Å². The summed E-state index contributed by atoms with van der Waals surface area (Å²) in [5.41, 5.74) is 0.0272. The summed E-state index contributed by atoms with van der Waals surface area (Å²) < 4.78 is 26.3. The van der Waals surface area contributed by atoms with E-state index in [-0.39, 0.29) is 5.56 Å². The molecule has 0 radical (unpaired) electrons. The molecule has 1 aromatic carbocycles. The Morgan fingerprint density at radius 1 is 1.43 bits per heavy atom. The Morgan fingerprint density at radius 2 is 2.14 bits per heavy atom. The molecule has 0 spiro atoms. The minimum Gasteiger partial charge on any atom is -0.205 e. The molecule has 0 unspecified atom stereocenters. The summed E-state index contributed by atoms with van der Waals surface area (Å²) >= 11 is 10.3. The highest BCUT2D eigenvalue weighted by atomic mass is 79.9. The van der Waals surface area contributed by atoms with Crippen LogP contribution >= 0.6 is 38.9 Å². The maximum absolute atomic E-state index is 12.7. The molecule has 0 bridgehead atoms. The van der Waals surface area contributed by atoms with Gasteiger partial charge in [0.1, 0.15) is 0 Å². The second-order valence-electron chi connectivity index (χ2n) is 2.72. The summed E-state index contributed by atoms with van der Waals surface area (Å²) in [7, 11) is 0. The van der Waals surface area contributed by atoms with Crippen molar-refractivity contribution in [3.05, 3.63) is 32.6 Å². The molecule has 5 heteroatoms. The van der Waals surface area contributed by atoms with E-state index in [1.807, 2.05) is 0 Å². The first-order chi connectivity index (χ1) is 6.61. The van der Waals surface area contributed by atoms with Crippen LogP contribution in [0, 0.1) is 0 Å².